The molecule has 1 aliphatic rings. The minimum absolute atomic E-state index is 0.496. The van der Waals surface area contributed by atoms with E-state index in [1.807, 2.05) is 29.0 Å². The maximum Gasteiger partial charge on any atom is 0.129 e. The molecule has 1 aliphatic heterocycles. The van der Waals surface area contributed by atoms with Gasteiger partial charge in [0.1, 0.15) is 5.82 Å². The first kappa shape index (κ1) is 13.3. The van der Waals surface area contributed by atoms with Gasteiger partial charge < -0.3 is 10.2 Å². The van der Waals surface area contributed by atoms with E-state index >= 15 is 0 Å². The van der Waals surface area contributed by atoms with Crippen LogP contribution in [0.3, 0.4) is 0 Å². The molecule has 1 N–H and O–H groups in total. The Hall–Kier alpha value is -2.40. The van der Waals surface area contributed by atoms with E-state index in [-0.39, 0.29) is 0 Å². The number of fused-ring (bicyclic) bond motifs is 1. The molecule has 1 atom stereocenters. The molecular formula is C17H19N5. The number of piperazine rings is 1. The van der Waals surface area contributed by atoms with Gasteiger partial charge in [-0.05, 0) is 31.2 Å². The monoisotopic (exact) mass is 293 g/mol. The van der Waals surface area contributed by atoms with Crippen LogP contribution in [0.1, 0.15) is 6.92 Å². The molecule has 0 spiro atoms. The summed E-state index contributed by atoms with van der Waals surface area (Å²) in [6.07, 6.45) is 3.85. The van der Waals surface area contributed by atoms with Crippen LogP contribution in [-0.2, 0) is 0 Å². The van der Waals surface area contributed by atoms with Gasteiger partial charge in [-0.1, -0.05) is 12.1 Å². The van der Waals surface area contributed by atoms with Crippen molar-refractivity contribution in [1.82, 2.24) is 19.9 Å². The van der Waals surface area contributed by atoms with Crippen LogP contribution in [0, 0.1) is 0 Å². The maximum absolute atomic E-state index is 4.87. The Kier molecular flexibility index (Phi) is 3.27. The van der Waals surface area contributed by atoms with Crippen molar-refractivity contribution in [3.63, 3.8) is 0 Å². The fourth-order valence-corrected chi connectivity index (χ4v) is 3.02. The Bertz CT molecular complexity index is 794. The Morgan fingerprint density at radius 1 is 1.18 bits per heavy atom. The van der Waals surface area contributed by atoms with E-state index in [1.54, 1.807) is 0 Å². The number of anilines is 1. The highest BCUT2D eigenvalue weighted by Gasteiger charge is 2.17. The summed E-state index contributed by atoms with van der Waals surface area (Å²) in [7, 11) is 0. The quantitative estimate of drug-likeness (QED) is 0.787. The molecule has 5 nitrogen and oxygen atoms in total. The first-order valence-corrected chi connectivity index (χ1v) is 7.69. The molecule has 5 heteroatoms. The molecule has 1 fully saturated rings. The normalized spacial score (nSPS) is 18.8. The van der Waals surface area contributed by atoms with E-state index in [4.69, 9.17) is 4.98 Å². The SMILES string of the molecule is C[C@@H]1CN(c2cccc(-c3cnn4ccccc34)n2)CCN1. The van der Waals surface area contributed by atoms with Gasteiger partial charge in [-0.15, -0.1) is 0 Å². The minimum Gasteiger partial charge on any atom is -0.354 e. The molecule has 0 amide bonds. The van der Waals surface area contributed by atoms with Crippen LogP contribution >= 0.6 is 0 Å². The summed E-state index contributed by atoms with van der Waals surface area (Å²) in [4.78, 5) is 7.21. The van der Waals surface area contributed by atoms with Crippen molar-refractivity contribution in [3.05, 3.63) is 48.8 Å². The second-order valence-electron chi connectivity index (χ2n) is 5.77. The molecule has 0 unspecified atom stereocenters. The summed E-state index contributed by atoms with van der Waals surface area (Å²) < 4.78 is 1.89. The first-order valence-electron chi connectivity index (χ1n) is 7.69. The zero-order valence-electron chi connectivity index (χ0n) is 12.6. The smallest absolute Gasteiger partial charge is 0.129 e. The highest BCUT2D eigenvalue weighted by atomic mass is 15.2. The molecule has 3 aromatic rings. The van der Waals surface area contributed by atoms with Crippen LogP contribution in [0.2, 0.25) is 0 Å². The zero-order valence-corrected chi connectivity index (χ0v) is 12.6. The van der Waals surface area contributed by atoms with E-state index in [0.717, 1.165) is 42.2 Å². The van der Waals surface area contributed by atoms with Gasteiger partial charge in [-0.3, -0.25) is 0 Å². The number of nitrogens with one attached hydrogen (secondary N) is 1. The van der Waals surface area contributed by atoms with Gasteiger partial charge in [-0.25, -0.2) is 9.50 Å². The summed E-state index contributed by atoms with van der Waals surface area (Å²) in [5.74, 6) is 1.04. The Morgan fingerprint density at radius 2 is 2.14 bits per heavy atom. The number of rotatable bonds is 2. The Balaban J connectivity index is 1.72. The van der Waals surface area contributed by atoms with Gasteiger partial charge in [0.2, 0.25) is 0 Å². The second-order valence-corrected chi connectivity index (χ2v) is 5.77. The second kappa shape index (κ2) is 5.42. The van der Waals surface area contributed by atoms with E-state index in [9.17, 15) is 0 Å². The van der Waals surface area contributed by atoms with Gasteiger partial charge in [-0.2, -0.15) is 5.10 Å². The van der Waals surface area contributed by atoms with Crippen molar-refractivity contribution in [2.45, 2.75) is 13.0 Å². The van der Waals surface area contributed by atoms with Crippen LogP contribution in [0.5, 0.6) is 0 Å². The highest BCUT2D eigenvalue weighted by molar-refractivity contribution is 5.78. The average Bonchev–Trinajstić information content (AvgIpc) is 2.99. The summed E-state index contributed by atoms with van der Waals surface area (Å²) in [5, 5.41) is 7.87. The molecule has 0 bridgehead atoms. The lowest BCUT2D eigenvalue weighted by Gasteiger charge is -2.32. The maximum atomic E-state index is 4.87. The Labute approximate surface area is 129 Å². The molecule has 1 saturated heterocycles. The number of pyridine rings is 2. The standard InChI is InChI=1S/C17H19N5/c1-13-12-21(10-8-18-13)17-7-4-5-15(20-17)14-11-19-22-9-3-2-6-16(14)22/h2-7,9,11,13,18H,8,10,12H2,1H3/t13-/m1/s1. The lowest BCUT2D eigenvalue weighted by atomic mass is 10.1. The first-order chi connectivity index (χ1) is 10.8. The van der Waals surface area contributed by atoms with Crippen molar-refractivity contribution in [1.29, 1.82) is 0 Å². The lowest BCUT2D eigenvalue weighted by molar-refractivity contribution is 0.482. The third kappa shape index (κ3) is 2.33. The molecule has 0 aliphatic carbocycles. The summed E-state index contributed by atoms with van der Waals surface area (Å²) in [5.41, 5.74) is 3.14. The van der Waals surface area contributed by atoms with Gasteiger partial charge >= 0.3 is 0 Å². The molecular weight excluding hydrogens is 274 g/mol. The third-order valence-electron chi connectivity index (χ3n) is 4.13. The average molecular weight is 293 g/mol. The van der Waals surface area contributed by atoms with Gasteiger partial charge in [0.25, 0.3) is 0 Å². The van der Waals surface area contributed by atoms with Crippen LogP contribution in [0.15, 0.2) is 48.8 Å². The molecule has 0 radical (unpaired) electrons. The number of hydrogen-bond donors (Lipinski definition) is 1. The highest BCUT2D eigenvalue weighted by Crippen LogP contribution is 2.25. The van der Waals surface area contributed by atoms with Crippen LogP contribution in [0.4, 0.5) is 5.82 Å². The van der Waals surface area contributed by atoms with E-state index in [0.29, 0.717) is 6.04 Å². The topological polar surface area (TPSA) is 45.5 Å². The molecule has 22 heavy (non-hydrogen) atoms. The van der Waals surface area contributed by atoms with Crippen LogP contribution in [-0.4, -0.2) is 40.3 Å². The van der Waals surface area contributed by atoms with Crippen molar-refractivity contribution in [2.24, 2.45) is 0 Å². The fourth-order valence-electron chi connectivity index (χ4n) is 3.02. The van der Waals surface area contributed by atoms with Gasteiger partial charge in [0, 0.05) is 37.4 Å². The van der Waals surface area contributed by atoms with E-state index in [1.165, 1.54) is 0 Å². The number of aromatic nitrogens is 3. The van der Waals surface area contributed by atoms with Crippen LogP contribution < -0.4 is 10.2 Å². The summed E-state index contributed by atoms with van der Waals surface area (Å²) in [6.45, 7) is 5.20. The summed E-state index contributed by atoms with van der Waals surface area (Å²) in [6, 6.07) is 12.8. The van der Waals surface area contributed by atoms with Crippen molar-refractivity contribution >= 4 is 11.3 Å². The number of hydrogen-bond acceptors (Lipinski definition) is 4. The van der Waals surface area contributed by atoms with Crippen molar-refractivity contribution < 1.29 is 0 Å². The van der Waals surface area contributed by atoms with Crippen molar-refractivity contribution in [2.75, 3.05) is 24.5 Å². The fraction of sp³-hybridized carbons (Fsp3) is 0.294. The molecule has 3 aromatic heterocycles. The minimum atomic E-state index is 0.496. The molecule has 0 aromatic carbocycles. The third-order valence-corrected chi connectivity index (χ3v) is 4.13. The molecule has 4 heterocycles. The van der Waals surface area contributed by atoms with E-state index < -0.39 is 0 Å². The largest absolute Gasteiger partial charge is 0.354 e. The predicted molar refractivity (Wildman–Crippen MR) is 88.1 cm³/mol. The van der Waals surface area contributed by atoms with E-state index in [2.05, 4.69) is 46.5 Å². The predicted octanol–water partition coefficient (Wildman–Crippen LogP) is 2.19. The Morgan fingerprint density at radius 3 is 3.05 bits per heavy atom. The molecule has 0 saturated carbocycles. The van der Waals surface area contributed by atoms with Crippen LogP contribution in [0.25, 0.3) is 16.8 Å². The van der Waals surface area contributed by atoms with Gasteiger partial charge in [0.05, 0.1) is 17.4 Å². The zero-order chi connectivity index (χ0) is 14.9. The molecule has 112 valence electrons. The molecule has 4 rings (SSSR count). The number of nitrogens with zero attached hydrogens (tertiary/aromatic N) is 4. The van der Waals surface area contributed by atoms with Crippen molar-refractivity contribution in [3.8, 4) is 11.3 Å². The van der Waals surface area contributed by atoms with Gasteiger partial charge in [0.15, 0.2) is 0 Å². The lowest BCUT2D eigenvalue weighted by Crippen LogP contribution is -2.49. The summed E-state index contributed by atoms with van der Waals surface area (Å²) >= 11 is 0.